The third-order valence-corrected chi connectivity index (χ3v) is 9.56. The van der Waals surface area contributed by atoms with Crippen molar-refractivity contribution in [2.75, 3.05) is 13.1 Å². The quantitative estimate of drug-likeness (QED) is 0.331. The molecule has 6 rings (SSSR count). The molecule has 2 saturated carbocycles. The summed E-state index contributed by atoms with van der Waals surface area (Å²) in [5.74, 6) is 2.05. The molecule has 2 aromatic heterocycles. The van der Waals surface area contributed by atoms with Crippen LogP contribution in [0.3, 0.4) is 0 Å². The fourth-order valence-electron chi connectivity index (χ4n) is 5.86. The summed E-state index contributed by atoms with van der Waals surface area (Å²) in [4.78, 5) is 30.7. The summed E-state index contributed by atoms with van der Waals surface area (Å²) in [6, 6.07) is 9.49. The molecule has 0 spiro atoms. The molecule has 0 radical (unpaired) electrons. The standard InChI is InChI=1S/C30H36N4OS/c35-30(25-3-1-5-26-24(25)4-2-16-31-26)32-19-23-10-8-22(9-11-23)14-17-34-18-15-28-27(20-34)33-29(36-28)13-12-21-6-7-21/h1-5,16,19,21-23H,6-15,17-18,20H2. The molecule has 36 heavy (non-hydrogen) atoms. The van der Waals surface area contributed by atoms with Gasteiger partial charge < -0.3 is 0 Å². The van der Waals surface area contributed by atoms with E-state index in [-0.39, 0.29) is 5.91 Å². The van der Waals surface area contributed by atoms with E-state index in [4.69, 9.17) is 4.98 Å². The number of aryl methyl sites for hydroxylation is 1. The van der Waals surface area contributed by atoms with Gasteiger partial charge in [0.25, 0.3) is 5.91 Å². The fraction of sp³-hybridized carbons (Fsp3) is 0.533. The molecule has 3 aliphatic rings. The van der Waals surface area contributed by atoms with Crippen molar-refractivity contribution in [2.24, 2.45) is 22.7 Å². The molecule has 0 unspecified atom stereocenters. The van der Waals surface area contributed by atoms with Crippen molar-refractivity contribution in [1.29, 1.82) is 0 Å². The second kappa shape index (κ2) is 10.9. The van der Waals surface area contributed by atoms with Gasteiger partial charge in [0.05, 0.1) is 21.8 Å². The second-order valence-electron chi connectivity index (χ2n) is 11.0. The molecular weight excluding hydrogens is 464 g/mol. The lowest BCUT2D eigenvalue weighted by atomic mass is 9.81. The summed E-state index contributed by atoms with van der Waals surface area (Å²) in [5, 5.41) is 2.26. The van der Waals surface area contributed by atoms with Gasteiger partial charge in [-0.25, -0.2) is 9.98 Å². The summed E-state index contributed by atoms with van der Waals surface area (Å²) >= 11 is 1.98. The van der Waals surface area contributed by atoms with Crippen LogP contribution in [0.5, 0.6) is 0 Å². The van der Waals surface area contributed by atoms with Crippen molar-refractivity contribution in [3.8, 4) is 0 Å². The van der Waals surface area contributed by atoms with E-state index in [1.54, 1.807) is 11.1 Å². The predicted molar refractivity (Wildman–Crippen MR) is 147 cm³/mol. The molecule has 3 heterocycles. The Labute approximate surface area is 218 Å². The summed E-state index contributed by atoms with van der Waals surface area (Å²) in [5.41, 5.74) is 2.85. The first-order valence-corrected chi connectivity index (χ1v) is 14.6. The van der Waals surface area contributed by atoms with Crippen molar-refractivity contribution in [3.63, 3.8) is 0 Å². The lowest BCUT2D eigenvalue weighted by molar-refractivity contribution is 0.100. The maximum Gasteiger partial charge on any atom is 0.277 e. The zero-order valence-electron chi connectivity index (χ0n) is 21.1. The first-order valence-electron chi connectivity index (χ1n) is 13.8. The molecule has 0 saturated heterocycles. The largest absolute Gasteiger partial charge is 0.297 e. The normalized spacial score (nSPS) is 22.8. The number of carbonyl (C=O) groups excluding carboxylic acids is 1. The minimum Gasteiger partial charge on any atom is -0.297 e. The number of nitrogens with zero attached hydrogens (tertiary/aromatic N) is 4. The van der Waals surface area contributed by atoms with Crippen molar-refractivity contribution >= 4 is 34.4 Å². The van der Waals surface area contributed by atoms with Gasteiger partial charge in [-0.05, 0) is 93.9 Å². The van der Waals surface area contributed by atoms with E-state index < -0.39 is 0 Å². The number of amides is 1. The number of hydrogen-bond acceptors (Lipinski definition) is 5. The Morgan fingerprint density at radius 3 is 2.75 bits per heavy atom. The van der Waals surface area contributed by atoms with Crippen LogP contribution in [0.1, 0.15) is 77.3 Å². The number of benzene rings is 1. The molecule has 0 bridgehead atoms. The van der Waals surface area contributed by atoms with Crippen LogP contribution in [-0.4, -0.2) is 40.1 Å². The van der Waals surface area contributed by atoms with E-state index in [1.165, 1.54) is 75.2 Å². The monoisotopic (exact) mass is 500 g/mol. The summed E-state index contributed by atoms with van der Waals surface area (Å²) in [6.45, 7) is 3.42. The zero-order valence-corrected chi connectivity index (χ0v) is 21.9. The van der Waals surface area contributed by atoms with E-state index in [1.807, 2.05) is 47.9 Å². The average Bonchev–Trinajstić information content (AvgIpc) is 3.67. The van der Waals surface area contributed by atoms with Gasteiger partial charge in [0.15, 0.2) is 0 Å². The predicted octanol–water partition coefficient (Wildman–Crippen LogP) is 6.50. The van der Waals surface area contributed by atoms with Crippen LogP contribution in [-0.2, 0) is 19.4 Å². The number of hydrogen-bond donors (Lipinski definition) is 0. The Morgan fingerprint density at radius 2 is 1.89 bits per heavy atom. The zero-order chi connectivity index (χ0) is 24.3. The maximum absolute atomic E-state index is 12.8. The van der Waals surface area contributed by atoms with Crippen LogP contribution >= 0.6 is 11.3 Å². The molecule has 0 atom stereocenters. The highest BCUT2D eigenvalue weighted by Gasteiger charge is 2.25. The maximum atomic E-state index is 12.8. The highest BCUT2D eigenvalue weighted by Crippen LogP contribution is 2.35. The Bertz CT molecular complexity index is 1230. The fourth-order valence-corrected chi connectivity index (χ4v) is 6.94. The summed E-state index contributed by atoms with van der Waals surface area (Å²) < 4.78 is 0. The number of rotatable bonds is 8. The Kier molecular flexibility index (Phi) is 7.24. The molecule has 2 fully saturated rings. The van der Waals surface area contributed by atoms with Crippen molar-refractivity contribution in [1.82, 2.24) is 14.9 Å². The average molecular weight is 501 g/mol. The molecule has 1 aromatic carbocycles. The lowest BCUT2D eigenvalue weighted by Crippen LogP contribution is -2.32. The Hall–Kier alpha value is -2.44. The Balaban J connectivity index is 0.948. The molecule has 1 aliphatic heterocycles. The van der Waals surface area contributed by atoms with Gasteiger partial charge in [-0.1, -0.05) is 25.0 Å². The third kappa shape index (κ3) is 5.76. The number of pyridine rings is 1. The van der Waals surface area contributed by atoms with Crippen molar-refractivity contribution in [2.45, 2.75) is 70.8 Å². The number of aromatic nitrogens is 2. The van der Waals surface area contributed by atoms with E-state index in [9.17, 15) is 4.79 Å². The van der Waals surface area contributed by atoms with E-state index >= 15 is 0 Å². The molecule has 3 aromatic rings. The topological polar surface area (TPSA) is 58.5 Å². The molecule has 188 valence electrons. The van der Waals surface area contributed by atoms with E-state index in [0.717, 1.165) is 42.1 Å². The lowest BCUT2D eigenvalue weighted by Gasteiger charge is -2.30. The second-order valence-corrected chi connectivity index (χ2v) is 12.2. The van der Waals surface area contributed by atoms with Crippen LogP contribution in [0.2, 0.25) is 0 Å². The van der Waals surface area contributed by atoms with Gasteiger partial charge >= 0.3 is 0 Å². The molecule has 2 aliphatic carbocycles. The van der Waals surface area contributed by atoms with Crippen LogP contribution in [0.25, 0.3) is 10.9 Å². The van der Waals surface area contributed by atoms with Crippen LogP contribution in [0, 0.1) is 17.8 Å². The van der Waals surface area contributed by atoms with E-state index in [0.29, 0.717) is 11.5 Å². The smallest absolute Gasteiger partial charge is 0.277 e. The van der Waals surface area contributed by atoms with Crippen LogP contribution in [0.15, 0.2) is 41.5 Å². The number of aliphatic imine (C=N–C) groups is 1. The van der Waals surface area contributed by atoms with Crippen LogP contribution in [0.4, 0.5) is 0 Å². The first kappa shape index (κ1) is 23.9. The van der Waals surface area contributed by atoms with Crippen molar-refractivity contribution in [3.05, 3.63) is 57.7 Å². The highest BCUT2D eigenvalue weighted by molar-refractivity contribution is 7.11. The molecule has 6 heteroatoms. The highest BCUT2D eigenvalue weighted by atomic mass is 32.1. The summed E-state index contributed by atoms with van der Waals surface area (Å²) in [7, 11) is 0. The first-order chi connectivity index (χ1) is 17.7. The number of thiazole rings is 1. The summed E-state index contributed by atoms with van der Waals surface area (Å²) in [6.07, 6.45) is 16.3. The molecule has 1 amide bonds. The van der Waals surface area contributed by atoms with Crippen LogP contribution < -0.4 is 0 Å². The molecular formula is C30H36N4OS. The molecule has 0 N–H and O–H groups in total. The third-order valence-electron chi connectivity index (χ3n) is 8.34. The van der Waals surface area contributed by atoms with Gasteiger partial charge in [-0.2, -0.15) is 0 Å². The van der Waals surface area contributed by atoms with Gasteiger partial charge in [0.2, 0.25) is 0 Å². The minimum absolute atomic E-state index is 0.155. The SMILES string of the molecule is O=C(N=CC1CCC(CCN2CCc3sc(CCC4CC4)nc3C2)CC1)c1cccc2ncccc12. The number of carbonyl (C=O) groups is 1. The van der Waals surface area contributed by atoms with E-state index in [2.05, 4.69) is 14.9 Å². The van der Waals surface area contributed by atoms with Crippen molar-refractivity contribution < 1.29 is 4.79 Å². The van der Waals surface area contributed by atoms with Gasteiger partial charge in [0.1, 0.15) is 0 Å². The van der Waals surface area contributed by atoms with Gasteiger partial charge in [0, 0.05) is 35.8 Å². The molecule has 5 nitrogen and oxygen atoms in total. The number of fused-ring (bicyclic) bond motifs is 2. The van der Waals surface area contributed by atoms with Gasteiger partial charge in [-0.3, -0.25) is 14.7 Å². The minimum atomic E-state index is -0.155. The Morgan fingerprint density at radius 1 is 1.06 bits per heavy atom. The van der Waals surface area contributed by atoms with Gasteiger partial charge in [-0.15, -0.1) is 11.3 Å².